The van der Waals surface area contributed by atoms with Gasteiger partial charge in [0.15, 0.2) is 0 Å². The van der Waals surface area contributed by atoms with Crippen LogP contribution in [0, 0.1) is 5.82 Å². The van der Waals surface area contributed by atoms with Crippen LogP contribution in [-0.4, -0.2) is 41.1 Å². The Morgan fingerprint density at radius 3 is 2.95 bits per heavy atom. The van der Waals surface area contributed by atoms with Crippen molar-refractivity contribution in [2.45, 2.75) is 37.8 Å². The van der Waals surface area contributed by atoms with E-state index in [1.54, 1.807) is 0 Å². The van der Waals surface area contributed by atoms with Crippen molar-refractivity contribution in [1.29, 1.82) is 0 Å². The molecule has 0 bridgehead atoms. The Balaban J connectivity index is 1.69. The number of hydrogen-bond donors (Lipinski definition) is 2. The van der Waals surface area contributed by atoms with E-state index >= 15 is 0 Å². The largest absolute Gasteiger partial charge is 0.507 e. The van der Waals surface area contributed by atoms with E-state index < -0.39 is 5.82 Å². The molecule has 0 aromatic heterocycles. The first-order chi connectivity index (χ1) is 9.65. The number of nitrogens with zero attached hydrogens (tertiary/aromatic N) is 1. The molecular formula is C15H19FN2O2. The molecule has 0 radical (unpaired) electrons. The van der Waals surface area contributed by atoms with Crippen molar-refractivity contribution < 1.29 is 14.3 Å². The highest BCUT2D eigenvalue weighted by atomic mass is 19.1. The zero-order chi connectivity index (χ0) is 14.1. The van der Waals surface area contributed by atoms with Gasteiger partial charge < -0.3 is 10.4 Å². The van der Waals surface area contributed by atoms with Gasteiger partial charge in [-0.1, -0.05) is 6.42 Å². The van der Waals surface area contributed by atoms with Crippen LogP contribution < -0.4 is 5.32 Å². The summed E-state index contributed by atoms with van der Waals surface area (Å²) in [7, 11) is 0. The lowest BCUT2D eigenvalue weighted by Gasteiger charge is -2.32. The summed E-state index contributed by atoms with van der Waals surface area (Å²) in [5.74, 6) is -1.17. The molecule has 2 unspecified atom stereocenters. The molecule has 2 heterocycles. The van der Waals surface area contributed by atoms with Crippen LogP contribution in [0.25, 0.3) is 0 Å². The van der Waals surface area contributed by atoms with Crippen LogP contribution in [0.4, 0.5) is 4.39 Å². The van der Waals surface area contributed by atoms with Gasteiger partial charge in [0.1, 0.15) is 11.6 Å². The second kappa shape index (κ2) is 5.40. The van der Waals surface area contributed by atoms with Gasteiger partial charge in [0.2, 0.25) is 0 Å². The molecular weight excluding hydrogens is 259 g/mol. The number of hydrogen-bond acceptors (Lipinski definition) is 3. The molecule has 108 valence electrons. The summed E-state index contributed by atoms with van der Waals surface area (Å²) in [6, 6.07) is 4.03. The van der Waals surface area contributed by atoms with E-state index in [9.17, 15) is 14.3 Å². The number of carbonyl (C=O) groups excluding carboxylic acids is 1. The summed E-state index contributed by atoms with van der Waals surface area (Å²) in [6.45, 7) is 2.13. The van der Waals surface area contributed by atoms with E-state index in [1.165, 1.54) is 25.0 Å². The number of nitrogens with one attached hydrogen (secondary N) is 1. The maximum Gasteiger partial charge on any atom is 0.255 e. The summed E-state index contributed by atoms with van der Waals surface area (Å²) in [6.07, 6.45) is 4.49. The SMILES string of the molecule is O=C(NC1CCN2CCCCC12)c1ccc(F)cc1O. The Kier molecular flexibility index (Phi) is 3.61. The summed E-state index contributed by atoms with van der Waals surface area (Å²) >= 11 is 0. The summed E-state index contributed by atoms with van der Waals surface area (Å²) in [5, 5.41) is 12.6. The number of phenols is 1. The van der Waals surface area contributed by atoms with E-state index in [-0.39, 0.29) is 23.3 Å². The third-order valence-corrected chi connectivity index (χ3v) is 4.38. The molecule has 20 heavy (non-hydrogen) atoms. The zero-order valence-corrected chi connectivity index (χ0v) is 11.3. The maximum atomic E-state index is 12.9. The van der Waals surface area contributed by atoms with Gasteiger partial charge in [-0.05, 0) is 37.9 Å². The number of benzene rings is 1. The summed E-state index contributed by atoms with van der Waals surface area (Å²) in [5.41, 5.74) is 0.139. The molecule has 0 saturated carbocycles. The number of amides is 1. The fraction of sp³-hybridized carbons (Fsp3) is 0.533. The van der Waals surface area contributed by atoms with Crippen molar-refractivity contribution in [1.82, 2.24) is 10.2 Å². The van der Waals surface area contributed by atoms with Crippen molar-refractivity contribution in [3.8, 4) is 5.75 Å². The predicted molar refractivity (Wildman–Crippen MR) is 73.1 cm³/mol. The predicted octanol–water partition coefficient (Wildman–Crippen LogP) is 1.89. The average molecular weight is 278 g/mol. The third kappa shape index (κ3) is 2.50. The number of rotatable bonds is 2. The third-order valence-electron chi connectivity index (χ3n) is 4.38. The quantitative estimate of drug-likeness (QED) is 0.868. The van der Waals surface area contributed by atoms with Crippen molar-refractivity contribution in [3.05, 3.63) is 29.6 Å². The van der Waals surface area contributed by atoms with Crippen LogP contribution in [0.1, 0.15) is 36.0 Å². The summed E-state index contributed by atoms with van der Waals surface area (Å²) < 4.78 is 12.9. The number of fused-ring (bicyclic) bond motifs is 1. The molecule has 2 aliphatic heterocycles. The first-order valence-electron chi connectivity index (χ1n) is 7.18. The van der Waals surface area contributed by atoms with E-state index in [0.717, 1.165) is 32.0 Å². The number of aromatic hydroxyl groups is 1. The van der Waals surface area contributed by atoms with Gasteiger partial charge in [-0.15, -0.1) is 0 Å². The fourth-order valence-electron chi connectivity index (χ4n) is 3.36. The highest BCUT2D eigenvalue weighted by Gasteiger charge is 2.36. The van der Waals surface area contributed by atoms with E-state index in [4.69, 9.17) is 0 Å². The van der Waals surface area contributed by atoms with Gasteiger partial charge in [-0.2, -0.15) is 0 Å². The zero-order valence-electron chi connectivity index (χ0n) is 11.3. The lowest BCUT2D eigenvalue weighted by Crippen LogP contribution is -2.46. The first kappa shape index (κ1) is 13.4. The normalized spacial score (nSPS) is 26.2. The first-order valence-corrected chi connectivity index (χ1v) is 7.18. The molecule has 2 N–H and O–H groups in total. The van der Waals surface area contributed by atoms with Crippen LogP contribution in [0.15, 0.2) is 18.2 Å². The number of halogens is 1. The van der Waals surface area contributed by atoms with Gasteiger partial charge in [0.05, 0.1) is 5.56 Å². The van der Waals surface area contributed by atoms with Gasteiger partial charge in [0, 0.05) is 24.7 Å². The molecule has 0 aliphatic carbocycles. The molecule has 2 aliphatic rings. The minimum absolute atomic E-state index is 0.132. The average Bonchev–Trinajstić information content (AvgIpc) is 2.82. The van der Waals surface area contributed by atoms with Gasteiger partial charge in [-0.25, -0.2) is 4.39 Å². The van der Waals surface area contributed by atoms with Crippen LogP contribution >= 0.6 is 0 Å². The molecule has 1 aromatic carbocycles. The highest BCUT2D eigenvalue weighted by molar-refractivity contribution is 5.97. The van der Waals surface area contributed by atoms with Crippen LogP contribution in [0.3, 0.4) is 0 Å². The Hall–Kier alpha value is -1.62. The monoisotopic (exact) mass is 278 g/mol. The Morgan fingerprint density at radius 2 is 2.15 bits per heavy atom. The summed E-state index contributed by atoms with van der Waals surface area (Å²) in [4.78, 5) is 14.6. The van der Waals surface area contributed by atoms with E-state index in [0.29, 0.717) is 6.04 Å². The van der Waals surface area contributed by atoms with Gasteiger partial charge in [-0.3, -0.25) is 9.69 Å². The Labute approximate surface area is 117 Å². The minimum atomic E-state index is -0.543. The second-order valence-corrected chi connectivity index (χ2v) is 5.63. The molecule has 2 saturated heterocycles. The molecule has 3 rings (SSSR count). The van der Waals surface area contributed by atoms with Gasteiger partial charge in [0.25, 0.3) is 5.91 Å². The molecule has 4 nitrogen and oxygen atoms in total. The van der Waals surface area contributed by atoms with Crippen molar-refractivity contribution in [2.24, 2.45) is 0 Å². The van der Waals surface area contributed by atoms with Gasteiger partial charge >= 0.3 is 0 Å². The lowest BCUT2D eigenvalue weighted by atomic mass is 9.98. The van der Waals surface area contributed by atoms with Crippen molar-refractivity contribution in [3.63, 3.8) is 0 Å². The molecule has 1 aromatic rings. The number of carbonyl (C=O) groups is 1. The minimum Gasteiger partial charge on any atom is -0.507 e. The standard InChI is InChI=1S/C15H19FN2O2/c16-10-4-5-11(14(19)9-10)15(20)17-12-6-8-18-7-2-1-3-13(12)18/h4-5,9,12-13,19H,1-3,6-8H2,(H,17,20). The molecule has 2 atom stereocenters. The number of piperidine rings is 1. The van der Waals surface area contributed by atoms with Crippen LogP contribution in [0.5, 0.6) is 5.75 Å². The lowest BCUT2D eigenvalue weighted by molar-refractivity contribution is 0.0912. The van der Waals surface area contributed by atoms with Crippen LogP contribution in [-0.2, 0) is 0 Å². The van der Waals surface area contributed by atoms with E-state index in [2.05, 4.69) is 10.2 Å². The van der Waals surface area contributed by atoms with Crippen LogP contribution in [0.2, 0.25) is 0 Å². The van der Waals surface area contributed by atoms with Crippen molar-refractivity contribution >= 4 is 5.91 Å². The second-order valence-electron chi connectivity index (χ2n) is 5.63. The number of phenolic OH excluding ortho intramolecular Hbond substituents is 1. The molecule has 0 spiro atoms. The Bertz CT molecular complexity index is 521. The maximum absolute atomic E-state index is 12.9. The molecule has 5 heteroatoms. The van der Waals surface area contributed by atoms with Crippen molar-refractivity contribution in [2.75, 3.05) is 13.1 Å². The molecule has 2 fully saturated rings. The smallest absolute Gasteiger partial charge is 0.255 e. The molecule has 1 amide bonds. The Morgan fingerprint density at radius 1 is 1.30 bits per heavy atom. The highest BCUT2D eigenvalue weighted by Crippen LogP contribution is 2.28. The van der Waals surface area contributed by atoms with E-state index in [1.807, 2.05) is 0 Å². The topological polar surface area (TPSA) is 52.6 Å². The fourth-order valence-corrected chi connectivity index (χ4v) is 3.36.